The van der Waals surface area contributed by atoms with Crippen molar-refractivity contribution in [3.8, 4) is 0 Å². The fourth-order valence-corrected chi connectivity index (χ4v) is 14.8. The first-order valence-electron chi connectivity index (χ1n) is 23.9. The van der Waals surface area contributed by atoms with Gasteiger partial charge in [-0.25, -0.2) is 0 Å². The van der Waals surface area contributed by atoms with Gasteiger partial charge in [-0.3, -0.25) is 9.59 Å². The molecule has 3 saturated heterocycles. The molecule has 0 aromatic carbocycles. The zero-order valence-corrected chi connectivity index (χ0v) is 39.2. The van der Waals surface area contributed by atoms with Gasteiger partial charge in [-0.15, -0.1) is 0 Å². The van der Waals surface area contributed by atoms with Gasteiger partial charge in [0.05, 0.1) is 30.8 Å². The van der Waals surface area contributed by atoms with Crippen molar-refractivity contribution in [1.29, 1.82) is 0 Å². The molecule has 0 radical (unpaired) electrons. The van der Waals surface area contributed by atoms with Crippen LogP contribution in [0.4, 0.5) is 0 Å². The SMILES string of the molecule is CC(=O)O[C@@H]1CO[C@H](O[C@@H]2[C@@H](O)[C@@H](O[C@H]3[C@@H](O[C@@H]4CC[C@@]5(C)[C@H](CC[C@@]6(C)[C@H]5CC=C5[C@@H]7CC(C)(C)CC[C@]7(C(=O)O)CC[C@@]56C)C4(C)C)OC[C@H](O)[C@@H]3O)O[C@H](C)[C@H]2O)[C@@H](O)[C@H]1O. The normalized spacial score (nSPS) is 52.2. The molecule has 8 rings (SSSR count). The second kappa shape index (κ2) is 17.0. The minimum atomic E-state index is -1.72. The molecule has 64 heavy (non-hydrogen) atoms. The lowest BCUT2D eigenvalue weighted by Crippen LogP contribution is -2.66. The molecule has 7 fully saturated rings. The van der Waals surface area contributed by atoms with Crippen molar-refractivity contribution in [2.45, 2.75) is 213 Å². The highest BCUT2D eigenvalue weighted by Gasteiger charge is 2.70. The Bertz CT molecular complexity index is 1790. The number of carbonyl (C=O) groups is 2. The Balaban J connectivity index is 0.985. The maximum atomic E-state index is 13.1. The van der Waals surface area contributed by atoms with Crippen molar-refractivity contribution in [2.75, 3.05) is 13.2 Å². The first-order chi connectivity index (χ1) is 29.8. The number of carboxylic acid groups (broad SMARTS) is 1. The number of carbonyl (C=O) groups excluding carboxylic acids is 1. The number of aliphatic hydroxyl groups is 6. The number of fused-ring (bicyclic) bond motifs is 7. The summed E-state index contributed by atoms with van der Waals surface area (Å²) in [6.45, 7) is 18.6. The predicted octanol–water partition coefficient (Wildman–Crippen LogP) is 3.58. The minimum Gasteiger partial charge on any atom is -0.481 e. The lowest BCUT2D eigenvalue weighted by atomic mass is 9.33. The van der Waals surface area contributed by atoms with Gasteiger partial charge in [-0.2, -0.15) is 0 Å². The summed E-state index contributed by atoms with van der Waals surface area (Å²) in [5.74, 6) is -0.639. The number of aliphatic hydroxyl groups excluding tert-OH is 6. The third kappa shape index (κ3) is 7.73. The van der Waals surface area contributed by atoms with Gasteiger partial charge in [0.1, 0.15) is 48.8 Å². The number of rotatable bonds is 8. The van der Waals surface area contributed by atoms with E-state index in [2.05, 4.69) is 54.5 Å². The Labute approximate surface area is 377 Å². The third-order valence-corrected chi connectivity index (χ3v) is 18.8. The molecule has 7 N–H and O–H groups in total. The van der Waals surface area contributed by atoms with Crippen molar-refractivity contribution in [3.63, 3.8) is 0 Å². The molecule has 0 aromatic rings. The molecular weight excluding hydrogens is 833 g/mol. The van der Waals surface area contributed by atoms with Gasteiger partial charge in [-0.1, -0.05) is 60.1 Å². The van der Waals surface area contributed by atoms with Crippen LogP contribution < -0.4 is 0 Å². The monoisotopic (exact) mass is 909 g/mol. The Morgan fingerprint density at radius 2 is 1.38 bits per heavy atom. The number of hydrogen-bond donors (Lipinski definition) is 7. The molecule has 16 nitrogen and oxygen atoms in total. The molecule has 0 spiro atoms. The van der Waals surface area contributed by atoms with Crippen LogP contribution in [0.3, 0.4) is 0 Å². The van der Waals surface area contributed by atoms with E-state index in [1.165, 1.54) is 12.5 Å². The minimum absolute atomic E-state index is 0.0233. The quantitative estimate of drug-likeness (QED) is 0.105. The van der Waals surface area contributed by atoms with Crippen molar-refractivity contribution >= 4 is 11.9 Å². The second-order valence-electron chi connectivity index (χ2n) is 23.1. The van der Waals surface area contributed by atoms with Gasteiger partial charge in [0.15, 0.2) is 25.0 Å². The first kappa shape index (κ1) is 48.6. The number of aliphatic carboxylic acids is 1. The Morgan fingerprint density at radius 3 is 2.06 bits per heavy atom. The van der Waals surface area contributed by atoms with E-state index in [1.807, 2.05) is 0 Å². The molecule has 3 aliphatic heterocycles. The summed E-state index contributed by atoms with van der Waals surface area (Å²) >= 11 is 0. The van der Waals surface area contributed by atoms with E-state index < -0.39 is 97.3 Å². The van der Waals surface area contributed by atoms with Crippen LogP contribution in [0.15, 0.2) is 11.6 Å². The Hall–Kier alpha value is -1.80. The number of esters is 1. The lowest BCUT2D eigenvalue weighted by Gasteiger charge is -2.71. The van der Waals surface area contributed by atoms with Crippen LogP contribution in [0, 0.1) is 50.2 Å². The first-order valence-corrected chi connectivity index (χ1v) is 23.9. The van der Waals surface area contributed by atoms with Crippen LogP contribution in [0.2, 0.25) is 0 Å². The molecule has 21 atom stereocenters. The van der Waals surface area contributed by atoms with Gasteiger partial charge >= 0.3 is 11.9 Å². The predicted molar refractivity (Wildman–Crippen MR) is 227 cm³/mol. The van der Waals surface area contributed by atoms with Gasteiger partial charge in [0.25, 0.3) is 0 Å². The second-order valence-corrected chi connectivity index (χ2v) is 23.1. The van der Waals surface area contributed by atoms with Crippen LogP contribution in [0.5, 0.6) is 0 Å². The summed E-state index contributed by atoms with van der Waals surface area (Å²) in [5, 5.41) is 77.0. The highest BCUT2D eigenvalue weighted by Crippen LogP contribution is 2.76. The molecule has 0 bridgehead atoms. The molecule has 8 aliphatic rings. The van der Waals surface area contributed by atoms with Crippen molar-refractivity contribution in [3.05, 3.63) is 11.6 Å². The zero-order valence-electron chi connectivity index (χ0n) is 39.2. The van der Waals surface area contributed by atoms with Gasteiger partial charge < -0.3 is 68.9 Å². The fourth-order valence-electron chi connectivity index (χ4n) is 14.8. The van der Waals surface area contributed by atoms with E-state index in [0.29, 0.717) is 18.8 Å². The van der Waals surface area contributed by atoms with Gasteiger partial charge in [-0.05, 0) is 116 Å². The maximum absolute atomic E-state index is 13.1. The molecule has 0 amide bonds. The van der Waals surface area contributed by atoms with E-state index >= 15 is 0 Å². The molecule has 3 heterocycles. The molecule has 5 aliphatic carbocycles. The summed E-state index contributed by atoms with van der Waals surface area (Å²) < 4.78 is 41.5. The van der Waals surface area contributed by atoms with E-state index in [1.54, 1.807) is 0 Å². The fraction of sp³-hybridized carbons (Fsp3) is 0.917. The van der Waals surface area contributed by atoms with Crippen molar-refractivity contribution in [1.82, 2.24) is 0 Å². The summed E-state index contributed by atoms with van der Waals surface area (Å²) in [4.78, 5) is 24.6. The number of allylic oxidation sites excluding steroid dienone is 2. The smallest absolute Gasteiger partial charge is 0.310 e. The maximum Gasteiger partial charge on any atom is 0.310 e. The van der Waals surface area contributed by atoms with Crippen molar-refractivity contribution < 1.29 is 78.5 Å². The van der Waals surface area contributed by atoms with Crippen LogP contribution in [0.1, 0.15) is 127 Å². The average molecular weight is 909 g/mol. The van der Waals surface area contributed by atoms with Crippen LogP contribution >= 0.6 is 0 Å². The number of hydrogen-bond acceptors (Lipinski definition) is 15. The molecular formula is C48H76O16. The van der Waals surface area contributed by atoms with E-state index in [9.17, 15) is 45.3 Å². The molecule has 4 saturated carbocycles. The molecule has 0 unspecified atom stereocenters. The Kier molecular flexibility index (Phi) is 12.9. The van der Waals surface area contributed by atoms with E-state index in [4.69, 9.17) is 33.2 Å². The van der Waals surface area contributed by atoms with Crippen LogP contribution in [0.25, 0.3) is 0 Å². The largest absolute Gasteiger partial charge is 0.481 e. The number of carboxylic acids is 1. The summed E-state index contributed by atoms with van der Waals surface area (Å²) in [7, 11) is 0. The summed E-state index contributed by atoms with van der Waals surface area (Å²) in [5.41, 5.74) is 0.240. The highest BCUT2D eigenvalue weighted by atomic mass is 16.8. The van der Waals surface area contributed by atoms with Gasteiger partial charge in [0.2, 0.25) is 0 Å². The summed E-state index contributed by atoms with van der Waals surface area (Å²) in [6, 6.07) is 0. The molecule has 16 heteroatoms. The highest BCUT2D eigenvalue weighted by molar-refractivity contribution is 5.76. The Morgan fingerprint density at radius 1 is 0.703 bits per heavy atom. The zero-order chi connectivity index (χ0) is 46.7. The third-order valence-electron chi connectivity index (χ3n) is 18.8. The lowest BCUT2D eigenvalue weighted by molar-refractivity contribution is -0.378. The van der Waals surface area contributed by atoms with Crippen molar-refractivity contribution in [2.24, 2.45) is 50.2 Å². The standard InChI is InChI=1S/C48H76O16/c1-23-32(51)37(63-39-35(54)34(53)28(22-59-39)61-24(2)49)36(55)40(60-23)64-38-33(52)27(50)21-58-41(38)62-31-13-14-45(7)29(44(31,5)6)12-15-47(9)30(45)11-10-25-26-20-43(3,4)16-18-48(26,42(56)57)19-17-46(25,47)8/h10,23,26-41,50-55H,11-22H2,1-9H3,(H,56,57)/t23-,26+,27+,28-,29-,30+,31-,32-,33+,34+,35+,36-,37+,38-,39-,40-,41-,45+,46+,47+,48+/m1/s1. The van der Waals surface area contributed by atoms with E-state index in [0.717, 1.165) is 58.3 Å². The number of ether oxygens (including phenoxy) is 7. The molecule has 364 valence electrons. The topological polar surface area (TPSA) is 240 Å². The average Bonchev–Trinajstić information content (AvgIpc) is 3.21. The molecule has 0 aromatic heterocycles. The van der Waals surface area contributed by atoms with Crippen LogP contribution in [-0.2, 0) is 42.7 Å². The van der Waals surface area contributed by atoms with Gasteiger partial charge in [0, 0.05) is 6.92 Å². The van der Waals surface area contributed by atoms with Crippen LogP contribution in [-0.4, -0.2) is 147 Å². The van der Waals surface area contributed by atoms with E-state index in [-0.39, 0.29) is 58.2 Å². The summed E-state index contributed by atoms with van der Waals surface area (Å²) in [6.07, 6.45) is -7.74.